The van der Waals surface area contributed by atoms with Crippen molar-refractivity contribution in [3.63, 3.8) is 0 Å². The third-order valence-corrected chi connectivity index (χ3v) is 0. The summed E-state index contributed by atoms with van der Waals surface area (Å²) in [6, 6.07) is 0. The van der Waals surface area contributed by atoms with Crippen LogP contribution in [-0.2, 0) is 17.1 Å². The Morgan fingerprint density at radius 2 is 1.25 bits per heavy atom. The number of hydrogen-bond acceptors (Lipinski definition) is 0. The van der Waals surface area contributed by atoms with Crippen LogP contribution < -0.4 is 0 Å². The van der Waals surface area contributed by atoms with Gasteiger partial charge in [-0.05, 0) is 11.0 Å². The Bertz CT molecular complexity index is 13.5. The maximum atomic E-state index is 0. The average molecular weight is 150 g/mol. The summed E-state index contributed by atoms with van der Waals surface area (Å²) in [5, 5.41) is 0. The molecular weight excluding hydrogens is 143 g/mol. The minimum atomic E-state index is 0. The van der Waals surface area contributed by atoms with E-state index in [1.807, 2.05) is 0 Å². The first-order valence-corrected chi connectivity index (χ1v) is 0. The number of hydrogen-bond donors (Lipinski definition) is 0. The Kier molecular flexibility index (Phi) is 183. The molecule has 0 atom stereocenters. The van der Waals surface area contributed by atoms with Gasteiger partial charge in [-0.2, -0.15) is 0 Å². The Hall–Kier alpha value is 2.04. The van der Waals surface area contributed by atoms with Gasteiger partial charge in [-0.3, -0.25) is 0 Å². The van der Waals surface area contributed by atoms with Gasteiger partial charge >= 0.3 is 23.1 Å². The SMILES string of the molecule is [AlH2].[Cu].[H-].[H-].[Mg+2].[SiH3]. The van der Waals surface area contributed by atoms with E-state index in [0.717, 1.165) is 0 Å². The minimum Gasteiger partial charge on any atom is -1.00 e. The molecule has 0 heterocycles. The fraction of sp³-hybridized carbons (Fsp3) is 0. The summed E-state index contributed by atoms with van der Waals surface area (Å²) in [5.41, 5.74) is 0. The molecule has 0 aromatic carbocycles. The summed E-state index contributed by atoms with van der Waals surface area (Å²) in [7, 11) is 0. The van der Waals surface area contributed by atoms with Crippen LogP contribution in [0.4, 0.5) is 0 Å². The van der Waals surface area contributed by atoms with E-state index in [2.05, 4.69) is 0 Å². The van der Waals surface area contributed by atoms with E-state index in [9.17, 15) is 0 Å². The van der Waals surface area contributed by atoms with Crippen LogP contribution >= 0.6 is 0 Å². The molecule has 0 rings (SSSR count). The van der Waals surface area contributed by atoms with Crippen molar-refractivity contribution in [2.24, 2.45) is 0 Å². The summed E-state index contributed by atoms with van der Waals surface area (Å²) < 4.78 is 0. The van der Waals surface area contributed by atoms with Crippen molar-refractivity contribution in [2.75, 3.05) is 0 Å². The van der Waals surface area contributed by atoms with Gasteiger partial charge in [-0.15, -0.1) is 0 Å². The normalized spacial score (nSPS) is 0. The molecule has 4 heavy (non-hydrogen) atoms. The molecule has 0 saturated heterocycles. The molecular formula is H7AlCuMgSi. The molecule has 0 aromatic heterocycles. The summed E-state index contributed by atoms with van der Waals surface area (Å²) in [6.07, 6.45) is 0. The van der Waals surface area contributed by atoms with Crippen molar-refractivity contribution in [3.05, 3.63) is 0 Å². The topological polar surface area (TPSA) is 0 Å². The van der Waals surface area contributed by atoms with Crippen LogP contribution in [-0.4, -0.2) is 51.4 Å². The third kappa shape index (κ3) is 8.97. The molecule has 0 amide bonds. The Labute approximate surface area is 70.9 Å². The molecule has 4 heteroatoms. The molecule has 3 radical (unpaired) electrons. The van der Waals surface area contributed by atoms with Crippen molar-refractivity contribution in [1.29, 1.82) is 0 Å². The first kappa shape index (κ1) is 36.9. The average Bonchev–Trinajstić information content (AvgIpc) is 0. The van der Waals surface area contributed by atoms with Gasteiger partial charge in [-0.1, -0.05) is 0 Å². The zero-order valence-corrected chi connectivity index (χ0v) is 9.36. The molecule has 0 spiro atoms. The smallest absolute Gasteiger partial charge is 1.00 e. The van der Waals surface area contributed by atoms with Crippen LogP contribution in [0.25, 0.3) is 0 Å². The largest absolute Gasteiger partial charge is 2.00 e. The van der Waals surface area contributed by atoms with Crippen LogP contribution in [0.5, 0.6) is 0 Å². The van der Waals surface area contributed by atoms with E-state index in [4.69, 9.17) is 0 Å². The Morgan fingerprint density at radius 3 is 1.25 bits per heavy atom. The van der Waals surface area contributed by atoms with Crippen molar-refractivity contribution in [3.8, 4) is 0 Å². The fourth-order valence-corrected chi connectivity index (χ4v) is 0. The maximum Gasteiger partial charge on any atom is 2.00 e. The van der Waals surface area contributed by atoms with Crippen molar-refractivity contribution in [2.45, 2.75) is 0 Å². The molecule has 0 N–H and O–H groups in total. The Balaban J connectivity index is 0. The van der Waals surface area contributed by atoms with Crippen LogP contribution in [0.1, 0.15) is 2.85 Å². The molecule has 0 aliphatic rings. The maximum absolute atomic E-state index is 0. The molecule has 0 bridgehead atoms. The molecule has 0 unspecified atom stereocenters. The van der Waals surface area contributed by atoms with E-state index in [-0.39, 0.29) is 71.3 Å². The summed E-state index contributed by atoms with van der Waals surface area (Å²) >= 11 is 0. The molecule has 27 valence electrons. The van der Waals surface area contributed by atoms with Gasteiger partial charge in [0.2, 0.25) is 0 Å². The van der Waals surface area contributed by atoms with Gasteiger partial charge in [0.15, 0.2) is 0 Å². The molecule has 0 saturated carbocycles. The van der Waals surface area contributed by atoms with E-state index < -0.39 is 0 Å². The van der Waals surface area contributed by atoms with E-state index in [1.54, 1.807) is 0 Å². The molecule has 0 aromatic rings. The second-order valence-corrected chi connectivity index (χ2v) is 0. The van der Waals surface area contributed by atoms with Crippen LogP contribution in [0, 0.1) is 0 Å². The summed E-state index contributed by atoms with van der Waals surface area (Å²) in [4.78, 5) is 0. The predicted octanol–water partition coefficient (Wildman–Crippen LogP) is -2.26. The standard InChI is InChI=1S/Al.Cu.Mg.H3Si.4H/h;;;1H3;;;;/q;;+2;;;;2*-1. The van der Waals surface area contributed by atoms with Crippen LogP contribution in [0.2, 0.25) is 0 Å². The quantitative estimate of drug-likeness (QED) is 0.342. The van der Waals surface area contributed by atoms with Gasteiger partial charge in [0.05, 0.1) is 0 Å². The minimum absolute atomic E-state index is 0. The van der Waals surface area contributed by atoms with Gasteiger partial charge in [0, 0.05) is 17.1 Å². The second-order valence-electron chi connectivity index (χ2n) is 0. The van der Waals surface area contributed by atoms with Crippen LogP contribution in [0.3, 0.4) is 0 Å². The third-order valence-electron chi connectivity index (χ3n) is 0. The molecule has 0 aliphatic carbocycles. The van der Waals surface area contributed by atoms with Crippen molar-refractivity contribution in [1.82, 2.24) is 0 Å². The van der Waals surface area contributed by atoms with Crippen LogP contribution in [0.15, 0.2) is 0 Å². The second kappa shape index (κ2) is 19.8. The number of rotatable bonds is 0. The monoisotopic (exact) mass is 149 g/mol. The van der Waals surface area contributed by atoms with Gasteiger partial charge < -0.3 is 2.85 Å². The van der Waals surface area contributed by atoms with Gasteiger partial charge in [0.1, 0.15) is 17.4 Å². The zero-order chi connectivity index (χ0) is 0. The first-order valence-electron chi connectivity index (χ1n) is 0. The summed E-state index contributed by atoms with van der Waals surface area (Å²) in [5.74, 6) is 0. The van der Waals surface area contributed by atoms with E-state index >= 15 is 0 Å². The summed E-state index contributed by atoms with van der Waals surface area (Å²) in [6.45, 7) is 0. The fourth-order valence-electron chi connectivity index (χ4n) is 0. The zero-order valence-electron chi connectivity index (χ0n) is 5.01. The van der Waals surface area contributed by atoms with Crippen molar-refractivity contribution < 1.29 is 19.9 Å². The van der Waals surface area contributed by atoms with E-state index in [1.165, 1.54) is 0 Å². The van der Waals surface area contributed by atoms with Gasteiger partial charge in [0.25, 0.3) is 0 Å². The van der Waals surface area contributed by atoms with Gasteiger partial charge in [-0.25, -0.2) is 0 Å². The Morgan fingerprint density at radius 1 is 1.25 bits per heavy atom. The molecule has 0 aliphatic heterocycles. The molecule has 0 nitrogen and oxygen atoms in total. The molecule has 0 fully saturated rings. The predicted molar refractivity (Wildman–Crippen MR) is 26.5 cm³/mol. The van der Waals surface area contributed by atoms with E-state index in [0.29, 0.717) is 0 Å². The van der Waals surface area contributed by atoms with Crippen molar-refractivity contribution >= 4 is 51.4 Å². The first-order chi connectivity index (χ1) is 0.